The average Bonchev–Trinajstić information content (AvgIpc) is 3.48. The number of thiocarbonyl (C=S) groups is 2. The monoisotopic (exact) mass is 478 g/mol. The van der Waals surface area contributed by atoms with Crippen LogP contribution in [-0.4, -0.2) is 88.8 Å². The number of halogens is 1. The minimum absolute atomic E-state index is 0.206. The van der Waals surface area contributed by atoms with Gasteiger partial charge in [0.1, 0.15) is 12.1 Å². The van der Waals surface area contributed by atoms with E-state index >= 15 is 4.39 Å². The number of likely N-dealkylation sites (N-methyl/N-ethyl adjacent to an activating group) is 1. The molecule has 1 atom stereocenters. The topological polar surface area (TPSA) is 66.3 Å². The molecule has 1 aromatic carbocycles. The summed E-state index contributed by atoms with van der Waals surface area (Å²) in [6, 6.07) is 4.77. The first-order valence-electron chi connectivity index (χ1n) is 9.99. The first-order valence-corrected chi connectivity index (χ1v) is 10.8. The molecule has 12 heteroatoms. The lowest BCUT2D eigenvalue weighted by Gasteiger charge is -2.37. The van der Waals surface area contributed by atoms with Crippen molar-refractivity contribution in [1.82, 2.24) is 19.4 Å². The fourth-order valence-corrected chi connectivity index (χ4v) is 4.12. The van der Waals surface area contributed by atoms with Crippen molar-refractivity contribution >= 4 is 52.2 Å². The van der Waals surface area contributed by atoms with Gasteiger partial charge in [0.2, 0.25) is 0 Å². The van der Waals surface area contributed by atoms with Crippen molar-refractivity contribution in [2.75, 3.05) is 56.7 Å². The van der Waals surface area contributed by atoms with Crippen LogP contribution in [0.2, 0.25) is 0 Å². The molecule has 0 radical (unpaired) electrons. The second-order valence-electron chi connectivity index (χ2n) is 7.39. The number of anilines is 2. The number of cyclic esters (lactones) is 1. The highest BCUT2D eigenvalue weighted by Gasteiger charge is 2.36. The number of hydrogen-bond acceptors (Lipinski definition) is 7. The minimum atomic E-state index is -0.606. The quantitative estimate of drug-likeness (QED) is 0.617. The molecule has 2 fully saturated rings. The van der Waals surface area contributed by atoms with Crippen molar-refractivity contribution in [3.63, 3.8) is 0 Å². The molecule has 2 aliphatic rings. The number of carbonyl (C=O) groups is 1. The van der Waals surface area contributed by atoms with Crippen LogP contribution in [-0.2, 0) is 9.47 Å². The molecule has 1 unspecified atom stereocenters. The van der Waals surface area contributed by atoms with Crippen LogP contribution in [0.4, 0.5) is 20.6 Å². The molecule has 3 heterocycles. The van der Waals surface area contributed by atoms with Crippen LogP contribution in [0.5, 0.6) is 0 Å². The number of ether oxygens (including phenoxy) is 2. The fourth-order valence-electron chi connectivity index (χ4n) is 3.72. The molecule has 9 nitrogen and oxygen atoms in total. The van der Waals surface area contributed by atoms with Crippen LogP contribution in [0.3, 0.4) is 0 Å². The molecule has 2 aromatic rings. The number of hydrogen-bond donors (Lipinski definition) is 0. The zero-order chi connectivity index (χ0) is 22.8. The van der Waals surface area contributed by atoms with Crippen molar-refractivity contribution in [3.05, 3.63) is 42.7 Å². The Morgan fingerprint density at radius 1 is 1.28 bits per heavy atom. The van der Waals surface area contributed by atoms with E-state index in [0.717, 1.165) is 0 Å². The Kier molecular flexibility index (Phi) is 6.42. The molecule has 0 aliphatic carbocycles. The zero-order valence-corrected chi connectivity index (χ0v) is 19.3. The highest BCUT2D eigenvalue weighted by atomic mass is 32.1. The zero-order valence-electron chi connectivity index (χ0n) is 17.7. The van der Waals surface area contributed by atoms with Crippen molar-refractivity contribution < 1.29 is 18.7 Å². The number of methoxy groups -OCH3 is 1. The van der Waals surface area contributed by atoms with Crippen molar-refractivity contribution in [2.24, 2.45) is 0 Å². The summed E-state index contributed by atoms with van der Waals surface area (Å²) in [4.78, 5) is 23.3. The van der Waals surface area contributed by atoms with E-state index < -0.39 is 18.1 Å². The van der Waals surface area contributed by atoms with E-state index in [-0.39, 0.29) is 11.7 Å². The van der Waals surface area contributed by atoms with Gasteiger partial charge in [0, 0.05) is 45.6 Å². The van der Waals surface area contributed by atoms with E-state index in [0.29, 0.717) is 42.7 Å². The molecule has 4 rings (SSSR count). The summed E-state index contributed by atoms with van der Waals surface area (Å²) < 4.78 is 27.2. The maximum absolute atomic E-state index is 15.0. The van der Waals surface area contributed by atoms with Crippen LogP contribution in [0.15, 0.2) is 36.9 Å². The van der Waals surface area contributed by atoms with Gasteiger partial charge in [-0.1, -0.05) is 0 Å². The smallest absolute Gasteiger partial charge is 0.416 e. The standard InChI is InChI=1S/C20H23FN6O3S2/c1-23(20(32)29-2)17-12-27(19(28)30-17)14-3-4-16(15(21)11-14)24-7-9-25(10-8-24)18(31)26-6-5-22-13-26/h3-6,11,13,17H,7-10,12H2,1-2H3. The van der Waals surface area contributed by atoms with Crippen molar-refractivity contribution in [2.45, 2.75) is 6.23 Å². The van der Waals surface area contributed by atoms with Crippen LogP contribution in [0, 0.1) is 5.82 Å². The first-order chi connectivity index (χ1) is 15.4. The second-order valence-corrected chi connectivity index (χ2v) is 8.11. The van der Waals surface area contributed by atoms with E-state index in [9.17, 15) is 4.79 Å². The summed E-state index contributed by atoms with van der Waals surface area (Å²) in [5.41, 5.74) is 0.916. The Balaban J connectivity index is 1.40. The third-order valence-electron chi connectivity index (χ3n) is 5.55. The second kappa shape index (κ2) is 9.25. The summed E-state index contributed by atoms with van der Waals surface area (Å²) in [6.07, 6.45) is 3.99. The highest BCUT2D eigenvalue weighted by Crippen LogP contribution is 2.29. The molecule has 1 aromatic heterocycles. The van der Waals surface area contributed by atoms with Gasteiger partial charge in [-0.25, -0.2) is 14.2 Å². The first kappa shape index (κ1) is 22.2. The van der Waals surface area contributed by atoms with Gasteiger partial charge in [-0.15, -0.1) is 0 Å². The SMILES string of the molecule is COC(=S)N(C)C1CN(c2ccc(N3CCN(C(=S)n4ccnc4)CC3)c(F)c2)C(=O)O1. The van der Waals surface area contributed by atoms with Gasteiger partial charge < -0.3 is 19.3 Å². The molecule has 1 amide bonds. The summed E-state index contributed by atoms with van der Waals surface area (Å²) in [5.74, 6) is -0.398. The predicted octanol–water partition coefficient (Wildman–Crippen LogP) is 2.12. The van der Waals surface area contributed by atoms with Gasteiger partial charge in [0.25, 0.3) is 5.17 Å². The van der Waals surface area contributed by atoms with Gasteiger partial charge in [0.05, 0.1) is 25.0 Å². The third kappa shape index (κ3) is 4.32. The Bertz CT molecular complexity index is 1010. The molecule has 2 saturated heterocycles. The molecule has 170 valence electrons. The van der Waals surface area contributed by atoms with Gasteiger partial charge >= 0.3 is 6.09 Å². The average molecular weight is 479 g/mol. The van der Waals surface area contributed by atoms with E-state index in [2.05, 4.69) is 9.88 Å². The number of imidazole rings is 1. The van der Waals surface area contributed by atoms with Gasteiger partial charge in [-0.3, -0.25) is 14.4 Å². The lowest BCUT2D eigenvalue weighted by Crippen LogP contribution is -2.50. The van der Waals surface area contributed by atoms with Crippen molar-refractivity contribution in [1.29, 1.82) is 0 Å². The fraction of sp³-hybridized carbons (Fsp3) is 0.400. The van der Waals surface area contributed by atoms with E-state index in [1.54, 1.807) is 41.2 Å². The highest BCUT2D eigenvalue weighted by molar-refractivity contribution is 7.80. The number of carbonyl (C=O) groups excluding carboxylic acids is 1. The number of benzene rings is 1. The maximum atomic E-state index is 15.0. The van der Waals surface area contributed by atoms with Gasteiger partial charge in [-0.2, -0.15) is 0 Å². The largest absolute Gasteiger partial charge is 0.474 e. The van der Waals surface area contributed by atoms with E-state index in [4.69, 9.17) is 33.9 Å². The summed E-state index contributed by atoms with van der Waals surface area (Å²) >= 11 is 10.6. The number of rotatable bonds is 3. The molecular formula is C20H23FN6O3S2. The Morgan fingerprint density at radius 2 is 2.03 bits per heavy atom. The molecule has 0 bridgehead atoms. The number of aromatic nitrogens is 2. The Hall–Kier alpha value is -2.99. The molecule has 0 N–H and O–H groups in total. The molecule has 0 saturated carbocycles. The third-order valence-corrected chi connectivity index (χ3v) is 6.47. The van der Waals surface area contributed by atoms with Crippen LogP contribution in [0.1, 0.15) is 0 Å². The maximum Gasteiger partial charge on any atom is 0.416 e. The van der Waals surface area contributed by atoms with E-state index in [1.165, 1.54) is 18.1 Å². The summed E-state index contributed by atoms with van der Waals surface area (Å²) in [6.45, 7) is 2.80. The Labute approximate surface area is 195 Å². The molecule has 32 heavy (non-hydrogen) atoms. The lowest BCUT2D eigenvalue weighted by atomic mass is 10.2. The van der Waals surface area contributed by atoms with Crippen molar-refractivity contribution in [3.8, 4) is 0 Å². The molecular weight excluding hydrogens is 455 g/mol. The number of piperazine rings is 1. The van der Waals surface area contributed by atoms with Crippen LogP contribution >= 0.6 is 24.4 Å². The molecule has 2 aliphatic heterocycles. The number of nitrogens with zero attached hydrogens (tertiary/aromatic N) is 6. The number of amides is 1. The lowest BCUT2D eigenvalue weighted by molar-refractivity contribution is 0.0678. The molecule has 0 spiro atoms. The van der Waals surface area contributed by atoms with Gasteiger partial charge in [-0.05, 0) is 42.6 Å². The predicted molar refractivity (Wildman–Crippen MR) is 125 cm³/mol. The normalized spacial score (nSPS) is 18.5. The van der Waals surface area contributed by atoms with Gasteiger partial charge in [0.15, 0.2) is 11.3 Å². The summed E-state index contributed by atoms with van der Waals surface area (Å²) in [7, 11) is 3.13. The Morgan fingerprint density at radius 3 is 2.66 bits per heavy atom. The van der Waals surface area contributed by atoms with Crippen LogP contribution < -0.4 is 9.80 Å². The summed E-state index contributed by atoms with van der Waals surface area (Å²) in [5, 5.41) is 0.885. The van der Waals surface area contributed by atoms with E-state index in [1.807, 2.05) is 11.1 Å². The van der Waals surface area contributed by atoms with Crippen LogP contribution in [0.25, 0.3) is 0 Å². The minimum Gasteiger partial charge on any atom is -0.474 e.